The third kappa shape index (κ3) is 6.47. The molecule has 0 fully saturated rings. The van der Waals surface area contributed by atoms with Crippen LogP contribution in [0.2, 0.25) is 0 Å². The quantitative estimate of drug-likeness (QED) is 0.154. The van der Waals surface area contributed by atoms with E-state index in [1.807, 2.05) is 24.3 Å². The zero-order valence-corrected chi connectivity index (χ0v) is 32.6. The summed E-state index contributed by atoms with van der Waals surface area (Å²) in [5, 5.41) is 4.36. The molecule has 282 valence electrons. The van der Waals surface area contributed by atoms with Crippen molar-refractivity contribution in [2.24, 2.45) is 0 Å². The van der Waals surface area contributed by atoms with Gasteiger partial charge in [-0.2, -0.15) is 0 Å². The van der Waals surface area contributed by atoms with Crippen LogP contribution in [-0.2, 0) is 0 Å². The van der Waals surface area contributed by atoms with Gasteiger partial charge in [-0.25, -0.2) is 9.97 Å². The fourth-order valence-electron chi connectivity index (χ4n) is 8.39. The molecule has 0 bridgehead atoms. The molecule has 0 spiro atoms. The molecule has 11 aromatic rings. The van der Waals surface area contributed by atoms with E-state index in [0.29, 0.717) is 5.82 Å². The summed E-state index contributed by atoms with van der Waals surface area (Å²) < 4.78 is 6.76. The van der Waals surface area contributed by atoms with E-state index in [4.69, 9.17) is 14.4 Å². The number of hydrogen-bond donors (Lipinski definition) is 0. The Hall–Kier alpha value is -8.08. The van der Waals surface area contributed by atoms with E-state index < -0.39 is 0 Å². The van der Waals surface area contributed by atoms with Crippen molar-refractivity contribution in [3.05, 3.63) is 224 Å². The van der Waals surface area contributed by atoms with Crippen LogP contribution >= 0.6 is 0 Å². The summed E-state index contributed by atoms with van der Waals surface area (Å²) >= 11 is 0. The highest BCUT2D eigenvalue weighted by Crippen LogP contribution is 2.43. The Morgan fingerprint density at radius 2 is 0.883 bits per heavy atom. The van der Waals surface area contributed by atoms with Crippen LogP contribution in [0.5, 0.6) is 0 Å². The maximum atomic E-state index is 6.76. The molecule has 0 amide bonds. The molecule has 0 aliphatic carbocycles. The second-order valence-corrected chi connectivity index (χ2v) is 15.0. The number of aromatic nitrogens is 2. The molecule has 0 atom stereocenters. The smallest absolute Gasteiger partial charge is 0.160 e. The monoisotopic (exact) mass is 767 g/mol. The molecule has 11 rings (SSSR count). The third-order valence-electron chi connectivity index (χ3n) is 11.3. The lowest BCUT2D eigenvalue weighted by Crippen LogP contribution is -2.10. The fourth-order valence-corrected chi connectivity index (χ4v) is 8.39. The lowest BCUT2D eigenvalue weighted by Gasteiger charge is -2.26. The van der Waals surface area contributed by atoms with Gasteiger partial charge < -0.3 is 9.32 Å². The van der Waals surface area contributed by atoms with Crippen molar-refractivity contribution >= 4 is 49.8 Å². The topological polar surface area (TPSA) is 42.2 Å². The average molecular weight is 768 g/mol. The second-order valence-electron chi connectivity index (χ2n) is 15.0. The maximum Gasteiger partial charge on any atom is 0.160 e. The highest BCUT2D eigenvalue weighted by atomic mass is 16.3. The van der Waals surface area contributed by atoms with Crippen LogP contribution in [0.4, 0.5) is 17.1 Å². The minimum Gasteiger partial charge on any atom is -0.456 e. The molecule has 4 heteroatoms. The number of fused-ring (bicyclic) bond motifs is 4. The van der Waals surface area contributed by atoms with E-state index in [2.05, 4.69) is 205 Å². The number of hydrogen-bond acceptors (Lipinski definition) is 4. The zero-order valence-electron chi connectivity index (χ0n) is 32.6. The minimum absolute atomic E-state index is 0.676. The Morgan fingerprint density at radius 3 is 1.65 bits per heavy atom. The number of anilines is 3. The van der Waals surface area contributed by atoms with Gasteiger partial charge in [0.05, 0.1) is 11.4 Å². The summed E-state index contributed by atoms with van der Waals surface area (Å²) in [7, 11) is 0. The van der Waals surface area contributed by atoms with Gasteiger partial charge in [-0.05, 0) is 81.6 Å². The van der Waals surface area contributed by atoms with Gasteiger partial charge in [0.2, 0.25) is 0 Å². The Morgan fingerprint density at radius 1 is 0.333 bits per heavy atom. The van der Waals surface area contributed by atoms with E-state index >= 15 is 0 Å². The van der Waals surface area contributed by atoms with Crippen LogP contribution in [0.15, 0.2) is 229 Å². The van der Waals surface area contributed by atoms with E-state index in [9.17, 15) is 0 Å². The van der Waals surface area contributed by atoms with Gasteiger partial charge in [-0.15, -0.1) is 0 Å². The number of benzene rings is 9. The van der Waals surface area contributed by atoms with Crippen molar-refractivity contribution in [3.63, 3.8) is 0 Å². The van der Waals surface area contributed by atoms with Gasteiger partial charge in [-0.1, -0.05) is 170 Å². The van der Waals surface area contributed by atoms with E-state index in [1.165, 1.54) is 22.1 Å². The molecule has 4 nitrogen and oxygen atoms in total. The third-order valence-corrected chi connectivity index (χ3v) is 11.3. The van der Waals surface area contributed by atoms with E-state index in [-0.39, 0.29) is 0 Å². The normalized spacial score (nSPS) is 11.3. The summed E-state index contributed by atoms with van der Waals surface area (Å²) in [6.07, 6.45) is 0. The molecule has 0 saturated heterocycles. The summed E-state index contributed by atoms with van der Waals surface area (Å²) in [4.78, 5) is 12.7. The molecule has 0 saturated carbocycles. The first-order valence-corrected chi connectivity index (χ1v) is 20.2. The second kappa shape index (κ2) is 15.0. The van der Waals surface area contributed by atoms with Crippen molar-refractivity contribution in [2.75, 3.05) is 4.90 Å². The van der Waals surface area contributed by atoms with Crippen LogP contribution in [0.3, 0.4) is 0 Å². The molecule has 60 heavy (non-hydrogen) atoms. The molecule has 0 unspecified atom stereocenters. The average Bonchev–Trinajstić information content (AvgIpc) is 3.71. The molecular weight excluding hydrogens is 731 g/mol. The first-order valence-electron chi connectivity index (χ1n) is 20.2. The molecule has 0 radical (unpaired) electrons. The fraction of sp³-hybridized carbons (Fsp3) is 0. The largest absolute Gasteiger partial charge is 0.456 e. The molecule has 2 aromatic heterocycles. The predicted octanol–water partition coefficient (Wildman–Crippen LogP) is 15.3. The van der Waals surface area contributed by atoms with Crippen molar-refractivity contribution in [1.29, 1.82) is 0 Å². The van der Waals surface area contributed by atoms with Gasteiger partial charge in [-0.3, -0.25) is 0 Å². The molecule has 0 aliphatic heterocycles. The van der Waals surface area contributed by atoms with Crippen LogP contribution < -0.4 is 4.90 Å². The van der Waals surface area contributed by atoms with Crippen LogP contribution in [0, 0.1) is 0 Å². The maximum absolute atomic E-state index is 6.76. The van der Waals surface area contributed by atoms with E-state index in [0.717, 1.165) is 78.0 Å². The SMILES string of the molecule is c1ccc(-c2ccc(N(c3cccc(-c4ccccc4)c3)c3ccc4c(c3)oc3cccc(-c5cc(-c6cccc7ccccc67)nc(-c6ccccc6)n5)c34)cc2)cc1. The number of furan rings is 1. The lowest BCUT2D eigenvalue weighted by atomic mass is 9.98. The van der Waals surface area contributed by atoms with Gasteiger partial charge >= 0.3 is 0 Å². The van der Waals surface area contributed by atoms with Crippen molar-refractivity contribution in [1.82, 2.24) is 9.97 Å². The summed E-state index contributed by atoms with van der Waals surface area (Å²) in [5.74, 6) is 0.676. The highest BCUT2D eigenvalue weighted by Gasteiger charge is 2.20. The minimum atomic E-state index is 0.676. The number of rotatable bonds is 8. The summed E-state index contributed by atoms with van der Waals surface area (Å²) in [6.45, 7) is 0. The van der Waals surface area contributed by atoms with Gasteiger partial charge in [0, 0.05) is 50.6 Å². The van der Waals surface area contributed by atoms with Crippen molar-refractivity contribution in [2.45, 2.75) is 0 Å². The van der Waals surface area contributed by atoms with Crippen molar-refractivity contribution < 1.29 is 4.42 Å². The zero-order chi connectivity index (χ0) is 39.8. The highest BCUT2D eigenvalue weighted by molar-refractivity contribution is 6.13. The first kappa shape index (κ1) is 35.1. The molecular formula is C56H37N3O. The van der Waals surface area contributed by atoms with E-state index in [1.54, 1.807) is 0 Å². The molecule has 0 aliphatic rings. The standard InChI is InChI=1S/C56H37N3O/c1-4-15-38(16-5-1)40-29-31-44(32-30-40)59(45-24-12-23-43(35-45)39-17-6-2-7-18-39)46-33-34-50-54(36-46)60-53-28-14-27-49(55(50)53)52-37-51(57-56(58-52)42-20-8-3-9-21-42)48-26-13-22-41-19-10-11-25-47(41)48/h1-37H. The Kier molecular flexibility index (Phi) is 8.79. The molecule has 9 aromatic carbocycles. The van der Waals surface area contributed by atoms with Crippen LogP contribution in [0.1, 0.15) is 0 Å². The predicted molar refractivity (Wildman–Crippen MR) is 249 cm³/mol. The molecule has 2 heterocycles. The van der Waals surface area contributed by atoms with Crippen LogP contribution in [-0.4, -0.2) is 9.97 Å². The Labute approximate surface area is 348 Å². The summed E-state index contributed by atoms with van der Waals surface area (Å²) in [6, 6.07) is 78.6. The van der Waals surface area contributed by atoms with Gasteiger partial charge in [0.15, 0.2) is 5.82 Å². The molecule has 0 N–H and O–H groups in total. The number of nitrogens with zero attached hydrogens (tertiary/aromatic N) is 3. The van der Waals surface area contributed by atoms with Crippen LogP contribution in [0.25, 0.3) is 88.9 Å². The first-order chi connectivity index (χ1) is 29.7. The lowest BCUT2D eigenvalue weighted by molar-refractivity contribution is 0.669. The Bertz CT molecular complexity index is 3300. The van der Waals surface area contributed by atoms with Gasteiger partial charge in [0.25, 0.3) is 0 Å². The summed E-state index contributed by atoms with van der Waals surface area (Å²) in [5.41, 5.74) is 14.1. The van der Waals surface area contributed by atoms with Gasteiger partial charge in [0.1, 0.15) is 11.2 Å². The van der Waals surface area contributed by atoms with Crippen molar-refractivity contribution in [3.8, 4) is 56.2 Å². The Balaban J connectivity index is 1.07.